The number of amides is 1. The van der Waals surface area contributed by atoms with Crippen LogP contribution in [0.2, 0.25) is 0 Å². The lowest BCUT2D eigenvalue weighted by Crippen LogP contribution is -2.42. The molecule has 2 aliphatic heterocycles. The first-order valence-electron chi connectivity index (χ1n) is 11.6. The normalized spacial score (nSPS) is 17.8. The van der Waals surface area contributed by atoms with E-state index in [1.54, 1.807) is 6.07 Å². The average molecular weight is 452 g/mol. The number of nitrogens with one attached hydrogen (secondary N) is 3. The molecular formula is C24H33N7O2. The highest BCUT2D eigenvalue weighted by Gasteiger charge is 2.21. The van der Waals surface area contributed by atoms with Gasteiger partial charge < -0.3 is 20.6 Å². The molecule has 9 heteroatoms. The maximum absolute atomic E-state index is 12.6. The standard InChI is InChI=1S/C24H33N7O2/c1-17(25)31-10-7-20(8-11-31)29-23-12-22(27-16-28-23)24(33)26-13-21(32)15-30-9-6-18-4-2-3-5-19(18)14-30/h2-5,12,16,20-21,25,32H,6-11,13-15H2,1H3,(H,26,33)(H,27,28,29)/t21-/m0/s1. The molecule has 2 aromatic rings. The summed E-state index contributed by atoms with van der Waals surface area (Å²) in [7, 11) is 0. The van der Waals surface area contributed by atoms with Crippen molar-refractivity contribution in [1.82, 2.24) is 25.1 Å². The summed E-state index contributed by atoms with van der Waals surface area (Å²) >= 11 is 0. The van der Waals surface area contributed by atoms with Gasteiger partial charge in [0.05, 0.1) is 11.9 Å². The molecule has 9 nitrogen and oxygen atoms in total. The molecule has 1 aromatic heterocycles. The summed E-state index contributed by atoms with van der Waals surface area (Å²) in [5.41, 5.74) is 2.96. The Labute approximate surface area is 194 Å². The Bertz CT molecular complexity index is 975. The number of likely N-dealkylation sites (tertiary alicyclic amines) is 1. The molecule has 1 saturated heterocycles. The number of aromatic nitrogens is 2. The van der Waals surface area contributed by atoms with Crippen molar-refractivity contribution in [3.8, 4) is 0 Å². The third-order valence-corrected chi connectivity index (χ3v) is 6.40. The highest BCUT2D eigenvalue weighted by Crippen LogP contribution is 2.18. The lowest BCUT2D eigenvalue weighted by molar-refractivity contribution is 0.0838. The molecule has 1 aromatic carbocycles. The number of fused-ring (bicyclic) bond motifs is 1. The van der Waals surface area contributed by atoms with Gasteiger partial charge in [0, 0.05) is 51.4 Å². The SMILES string of the molecule is CC(=N)N1CCC(Nc2cc(C(=O)NC[C@H](O)CN3CCc4ccccc4C3)ncn2)CC1. The van der Waals surface area contributed by atoms with E-state index in [-0.39, 0.29) is 24.2 Å². The number of aliphatic hydroxyl groups is 1. The number of benzene rings is 1. The summed E-state index contributed by atoms with van der Waals surface area (Å²) in [4.78, 5) is 25.2. The zero-order chi connectivity index (χ0) is 23.2. The van der Waals surface area contributed by atoms with Crippen LogP contribution in [-0.2, 0) is 13.0 Å². The number of piperidine rings is 1. The maximum atomic E-state index is 12.6. The smallest absolute Gasteiger partial charge is 0.270 e. The van der Waals surface area contributed by atoms with Gasteiger partial charge in [0.25, 0.3) is 5.91 Å². The zero-order valence-corrected chi connectivity index (χ0v) is 19.1. The summed E-state index contributed by atoms with van der Waals surface area (Å²) in [5.74, 6) is 0.896. The van der Waals surface area contributed by atoms with Gasteiger partial charge in [-0.1, -0.05) is 24.3 Å². The fraction of sp³-hybridized carbons (Fsp3) is 0.500. The molecule has 0 aliphatic carbocycles. The van der Waals surface area contributed by atoms with Crippen molar-refractivity contribution in [2.45, 2.75) is 44.9 Å². The van der Waals surface area contributed by atoms with E-state index in [4.69, 9.17) is 5.41 Å². The van der Waals surface area contributed by atoms with E-state index in [1.807, 2.05) is 13.0 Å². The molecule has 0 spiro atoms. The molecule has 0 unspecified atom stereocenters. The molecule has 1 fully saturated rings. The second kappa shape index (κ2) is 10.7. The van der Waals surface area contributed by atoms with Crippen LogP contribution in [0, 0.1) is 5.41 Å². The minimum atomic E-state index is -0.652. The van der Waals surface area contributed by atoms with Crippen LogP contribution in [0.3, 0.4) is 0 Å². The van der Waals surface area contributed by atoms with E-state index < -0.39 is 6.10 Å². The first kappa shape index (κ1) is 23.1. The molecule has 0 saturated carbocycles. The Hall–Kier alpha value is -3.04. The van der Waals surface area contributed by atoms with Crippen molar-refractivity contribution in [3.63, 3.8) is 0 Å². The number of hydrogen-bond acceptors (Lipinski definition) is 7. The van der Waals surface area contributed by atoms with Crippen LogP contribution in [0.25, 0.3) is 0 Å². The van der Waals surface area contributed by atoms with Crippen LogP contribution in [0.5, 0.6) is 0 Å². The molecule has 2 aliphatic rings. The van der Waals surface area contributed by atoms with Crippen molar-refractivity contribution >= 4 is 17.6 Å². The Morgan fingerprint density at radius 3 is 2.73 bits per heavy atom. The largest absolute Gasteiger partial charge is 0.390 e. The lowest BCUT2D eigenvalue weighted by atomic mass is 10.00. The average Bonchev–Trinajstić information content (AvgIpc) is 2.83. The van der Waals surface area contributed by atoms with E-state index in [9.17, 15) is 9.90 Å². The predicted molar refractivity (Wildman–Crippen MR) is 127 cm³/mol. The van der Waals surface area contributed by atoms with Gasteiger partial charge in [0.2, 0.25) is 0 Å². The maximum Gasteiger partial charge on any atom is 0.270 e. The summed E-state index contributed by atoms with van der Waals surface area (Å²) in [5, 5.41) is 24.4. The number of rotatable bonds is 7. The van der Waals surface area contributed by atoms with Crippen LogP contribution in [0.1, 0.15) is 41.4 Å². The Morgan fingerprint density at radius 1 is 1.21 bits per heavy atom. The van der Waals surface area contributed by atoms with Gasteiger partial charge in [0.1, 0.15) is 17.8 Å². The number of carbonyl (C=O) groups is 1. The van der Waals surface area contributed by atoms with Gasteiger partial charge in [-0.2, -0.15) is 0 Å². The van der Waals surface area contributed by atoms with Crippen molar-refractivity contribution in [2.75, 3.05) is 38.0 Å². The summed E-state index contributed by atoms with van der Waals surface area (Å²) < 4.78 is 0. The van der Waals surface area contributed by atoms with E-state index >= 15 is 0 Å². The monoisotopic (exact) mass is 451 g/mol. The van der Waals surface area contributed by atoms with Gasteiger partial charge in [-0.05, 0) is 37.3 Å². The minimum Gasteiger partial charge on any atom is -0.390 e. The van der Waals surface area contributed by atoms with Gasteiger partial charge in [-0.15, -0.1) is 0 Å². The quantitative estimate of drug-likeness (QED) is 0.372. The fourth-order valence-electron chi connectivity index (χ4n) is 4.50. The highest BCUT2D eigenvalue weighted by atomic mass is 16.3. The van der Waals surface area contributed by atoms with Crippen molar-refractivity contribution in [1.29, 1.82) is 5.41 Å². The Balaban J connectivity index is 1.23. The van der Waals surface area contributed by atoms with E-state index in [1.165, 1.54) is 17.5 Å². The summed E-state index contributed by atoms with van der Waals surface area (Å²) in [6.07, 6.45) is 3.53. The van der Waals surface area contributed by atoms with Crippen LogP contribution in [-0.4, -0.2) is 81.5 Å². The van der Waals surface area contributed by atoms with Crippen molar-refractivity contribution < 1.29 is 9.90 Å². The van der Waals surface area contributed by atoms with E-state index in [0.29, 0.717) is 18.2 Å². The number of nitrogens with zero attached hydrogens (tertiary/aromatic N) is 4. The molecule has 0 bridgehead atoms. The molecular weight excluding hydrogens is 418 g/mol. The predicted octanol–water partition coefficient (Wildman–Crippen LogP) is 1.50. The van der Waals surface area contributed by atoms with Crippen LogP contribution in [0.15, 0.2) is 36.7 Å². The second-order valence-corrected chi connectivity index (χ2v) is 8.90. The lowest BCUT2D eigenvalue weighted by Gasteiger charge is -2.33. The third-order valence-electron chi connectivity index (χ3n) is 6.40. The fourth-order valence-corrected chi connectivity index (χ4v) is 4.50. The third kappa shape index (κ3) is 6.27. The molecule has 0 radical (unpaired) electrons. The summed E-state index contributed by atoms with van der Waals surface area (Å²) in [6, 6.07) is 10.3. The van der Waals surface area contributed by atoms with E-state index in [0.717, 1.165) is 45.4 Å². The molecule has 1 atom stereocenters. The molecule has 176 valence electrons. The second-order valence-electron chi connectivity index (χ2n) is 8.90. The number of hydrogen-bond donors (Lipinski definition) is 4. The minimum absolute atomic E-state index is 0.172. The number of carbonyl (C=O) groups excluding carboxylic acids is 1. The number of aliphatic hydroxyl groups excluding tert-OH is 1. The number of β-amino-alcohol motifs (C(OH)–C–C–N with tert-alkyl or cyclic N) is 1. The van der Waals surface area contributed by atoms with Crippen LogP contribution >= 0.6 is 0 Å². The van der Waals surface area contributed by atoms with Crippen molar-refractivity contribution in [3.05, 3.63) is 53.5 Å². The van der Waals surface area contributed by atoms with Gasteiger partial charge in [-0.3, -0.25) is 15.1 Å². The molecule has 33 heavy (non-hydrogen) atoms. The zero-order valence-electron chi connectivity index (χ0n) is 19.1. The highest BCUT2D eigenvalue weighted by molar-refractivity contribution is 5.92. The Kier molecular flexibility index (Phi) is 7.51. The first-order valence-corrected chi connectivity index (χ1v) is 11.6. The first-order chi connectivity index (χ1) is 16.0. The molecule has 1 amide bonds. The van der Waals surface area contributed by atoms with Gasteiger partial charge >= 0.3 is 0 Å². The van der Waals surface area contributed by atoms with Crippen LogP contribution in [0.4, 0.5) is 5.82 Å². The van der Waals surface area contributed by atoms with Gasteiger partial charge in [-0.25, -0.2) is 9.97 Å². The number of amidine groups is 1. The molecule has 3 heterocycles. The molecule has 4 N–H and O–H groups in total. The van der Waals surface area contributed by atoms with Crippen LogP contribution < -0.4 is 10.6 Å². The molecule has 4 rings (SSSR count). The topological polar surface area (TPSA) is 117 Å². The summed E-state index contributed by atoms with van der Waals surface area (Å²) in [6.45, 7) is 5.90. The van der Waals surface area contributed by atoms with Gasteiger partial charge in [0.15, 0.2) is 0 Å². The van der Waals surface area contributed by atoms with Crippen molar-refractivity contribution in [2.24, 2.45) is 0 Å². The Morgan fingerprint density at radius 2 is 1.97 bits per heavy atom. The van der Waals surface area contributed by atoms with E-state index in [2.05, 4.69) is 48.6 Å². The number of anilines is 1.